The second kappa shape index (κ2) is 46.1. The summed E-state index contributed by atoms with van der Waals surface area (Å²) in [7, 11) is 1.55. The standard InChI is InChI=1S/C55H101N2O6P/c1-6-8-10-12-14-15-16-17-18-19-20-21-22-23-24-25-26-27-28-29-30-31-32-33-34-35-36-37-38-39-40-41-43-45-47-49-55(59)56-53(54(58)48-46-44-42-13-11-9-7-2)52-63-64(60,61)62-51-50-57(3,4)5/h8,10-11,13-15,17-18,20-21,46,48,53-54,58H,6-7,9,12,16,19,22-45,47,49-52H2,1-5H3,(H-,56,59,60,61)/p+1/b10-8-,13-11+,15-14-,18-17-,21-20-,48-46+. The highest BCUT2D eigenvalue weighted by Crippen LogP contribution is 2.43. The number of carbonyl (C=O) groups excluding carboxylic acids is 1. The Bertz CT molecular complexity index is 1270. The van der Waals surface area contributed by atoms with Crippen molar-refractivity contribution in [3.63, 3.8) is 0 Å². The Balaban J connectivity index is 3.84. The van der Waals surface area contributed by atoms with Crippen LogP contribution in [0.2, 0.25) is 0 Å². The monoisotopic (exact) mass is 918 g/mol. The van der Waals surface area contributed by atoms with E-state index < -0.39 is 20.0 Å². The van der Waals surface area contributed by atoms with Gasteiger partial charge in [-0.15, -0.1) is 0 Å². The average Bonchev–Trinajstić information content (AvgIpc) is 3.25. The quantitative estimate of drug-likeness (QED) is 0.0243. The summed E-state index contributed by atoms with van der Waals surface area (Å²) in [6, 6.07) is -0.860. The van der Waals surface area contributed by atoms with Gasteiger partial charge in [-0.1, -0.05) is 222 Å². The van der Waals surface area contributed by atoms with E-state index in [0.717, 1.165) is 70.6 Å². The van der Waals surface area contributed by atoms with E-state index in [1.807, 2.05) is 27.2 Å². The van der Waals surface area contributed by atoms with Gasteiger partial charge in [0, 0.05) is 6.42 Å². The fourth-order valence-electron chi connectivity index (χ4n) is 7.29. The first-order valence-corrected chi connectivity index (χ1v) is 27.8. The van der Waals surface area contributed by atoms with Crippen LogP contribution in [0.5, 0.6) is 0 Å². The largest absolute Gasteiger partial charge is 0.472 e. The number of nitrogens with one attached hydrogen (secondary N) is 1. The molecule has 0 fully saturated rings. The van der Waals surface area contributed by atoms with Gasteiger partial charge in [-0.25, -0.2) is 4.57 Å². The van der Waals surface area contributed by atoms with Crippen LogP contribution in [0.1, 0.15) is 219 Å². The molecule has 0 saturated heterocycles. The van der Waals surface area contributed by atoms with E-state index in [9.17, 15) is 19.4 Å². The number of aliphatic hydroxyl groups is 1. The minimum absolute atomic E-state index is 0.0548. The number of phosphoric ester groups is 1. The summed E-state index contributed by atoms with van der Waals surface area (Å²) in [5.74, 6) is -0.191. The van der Waals surface area contributed by atoms with Gasteiger partial charge in [0.25, 0.3) is 0 Å². The van der Waals surface area contributed by atoms with E-state index in [1.54, 1.807) is 6.08 Å². The zero-order chi connectivity index (χ0) is 47.1. The average molecular weight is 918 g/mol. The number of unbranched alkanes of at least 4 members (excludes halogenated alkanes) is 24. The van der Waals surface area contributed by atoms with Gasteiger partial charge in [-0.3, -0.25) is 13.8 Å². The number of carbonyl (C=O) groups is 1. The molecule has 64 heavy (non-hydrogen) atoms. The molecule has 0 radical (unpaired) electrons. The first kappa shape index (κ1) is 61.9. The van der Waals surface area contributed by atoms with Crippen molar-refractivity contribution in [1.29, 1.82) is 0 Å². The maximum atomic E-state index is 12.8. The minimum Gasteiger partial charge on any atom is -0.387 e. The van der Waals surface area contributed by atoms with Crippen LogP contribution in [0, 0.1) is 0 Å². The molecule has 0 aromatic carbocycles. The Hall–Kier alpha value is -2.06. The maximum Gasteiger partial charge on any atom is 0.472 e. The molecule has 3 N–H and O–H groups in total. The maximum absolute atomic E-state index is 12.8. The van der Waals surface area contributed by atoms with E-state index in [1.165, 1.54) is 128 Å². The van der Waals surface area contributed by atoms with Crippen LogP contribution in [0.3, 0.4) is 0 Å². The van der Waals surface area contributed by atoms with E-state index in [2.05, 4.69) is 79.9 Å². The van der Waals surface area contributed by atoms with Crippen molar-refractivity contribution in [3.05, 3.63) is 72.9 Å². The number of aliphatic hydroxyl groups excluding tert-OH is 1. The second-order valence-electron chi connectivity index (χ2n) is 18.9. The normalized spacial score (nSPS) is 14.7. The molecule has 0 aliphatic carbocycles. The lowest BCUT2D eigenvalue weighted by molar-refractivity contribution is -0.870. The smallest absolute Gasteiger partial charge is 0.387 e. The predicted molar refractivity (Wildman–Crippen MR) is 276 cm³/mol. The lowest BCUT2D eigenvalue weighted by Gasteiger charge is -2.25. The molecule has 0 spiro atoms. The molecular formula is C55H102N2O6P+. The Morgan fingerprint density at radius 3 is 1.42 bits per heavy atom. The molecule has 0 saturated carbocycles. The summed E-state index contributed by atoms with van der Waals surface area (Å²) >= 11 is 0. The van der Waals surface area contributed by atoms with Crippen LogP contribution in [0.15, 0.2) is 72.9 Å². The second-order valence-corrected chi connectivity index (χ2v) is 20.3. The number of quaternary nitrogens is 1. The Kier molecular flexibility index (Phi) is 44.6. The Morgan fingerprint density at radius 2 is 0.953 bits per heavy atom. The molecule has 0 aromatic rings. The molecule has 0 aliphatic heterocycles. The number of phosphoric acid groups is 1. The fraction of sp³-hybridized carbons (Fsp3) is 0.764. The lowest BCUT2D eigenvalue weighted by Crippen LogP contribution is -2.45. The lowest BCUT2D eigenvalue weighted by atomic mass is 10.0. The van der Waals surface area contributed by atoms with E-state index >= 15 is 0 Å². The molecule has 9 heteroatoms. The number of nitrogens with zero attached hydrogens (tertiary/aromatic N) is 1. The predicted octanol–water partition coefficient (Wildman–Crippen LogP) is 15.5. The Morgan fingerprint density at radius 1 is 0.547 bits per heavy atom. The first-order chi connectivity index (χ1) is 31.0. The van der Waals surface area contributed by atoms with Gasteiger partial charge in [0.1, 0.15) is 13.2 Å². The van der Waals surface area contributed by atoms with Crippen molar-refractivity contribution in [1.82, 2.24) is 5.32 Å². The van der Waals surface area contributed by atoms with E-state index in [4.69, 9.17) is 9.05 Å². The van der Waals surface area contributed by atoms with Crippen molar-refractivity contribution < 1.29 is 32.9 Å². The Labute approximate surface area is 395 Å². The summed E-state index contributed by atoms with van der Waals surface area (Å²) in [6.45, 7) is 4.57. The summed E-state index contributed by atoms with van der Waals surface area (Å²) in [5, 5.41) is 13.7. The van der Waals surface area contributed by atoms with Crippen molar-refractivity contribution >= 4 is 13.7 Å². The SMILES string of the molecule is CC/C=C\C/C=C\C/C=C\C/C=C\CCCCCCCCCCCCCCCCCCCCCCCCC(=O)NC(COP(=O)(O)OCC[N+](C)(C)C)C(O)/C=C/CC/C=C/CCC. The van der Waals surface area contributed by atoms with Gasteiger partial charge < -0.3 is 19.8 Å². The zero-order valence-corrected chi connectivity index (χ0v) is 43.1. The van der Waals surface area contributed by atoms with Crippen LogP contribution >= 0.6 is 7.82 Å². The van der Waals surface area contributed by atoms with Gasteiger partial charge in [0.05, 0.1) is 39.9 Å². The summed E-state index contributed by atoms with van der Waals surface area (Å²) in [4.78, 5) is 23.0. The van der Waals surface area contributed by atoms with Gasteiger partial charge in [0.15, 0.2) is 0 Å². The molecule has 0 heterocycles. The van der Waals surface area contributed by atoms with Crippen LogP contribution in [0.4, 0.5) is 0 Å². The first-order valence-electron chi connectivity index (χ1n) is 26.3. The van der Waals surface area contributed by atoms with Crippen molar-refractivity contribution in [3.8, 4) is 0 Å². The molecule has 0 aromatic heterocycles. The number of hydrogen-bond donors (Lipinski definition) is 3. The van der Waals surface area contributed by atoms with Crippen molar-refractivity contribution in [2.45, 2.75) is 231 Å². The third-order valence-corrected chi connectivity index (χ3v) is 12.4. The molecule has 0 rings (SSSR count). The number of amides is 1. The van der Waals surface area contributed by atoms with Crippen LogP contribution in [-0.2, 0) is 18.4 Å². The van der Waals surface area contributed by atoms with Crippen LogP contribution in [0.25, 0.3) is 0 Å². The number of hydrogen-bond acceptors (Lipinski definition) is 5. The minimum atomic E-state index is -4.34. The molecular weight excluding hydrogens is 816 g/mol. The van der Waals surface area contributed by atoms with Gasteiger partial charge in [-0.05, 0) is 64.2 Å². The van der Waals surface area contributed by atoms with Crippen LogP contribution in [-0.4, -0.2) is 73.4 Å². The summed E-state index contributed by atoms with van der Waals surface area (Å²) in [6.07, 6.45) is 63.4. The van der Waals surface area contributed by atoms with Crippen molar-refractivity contribution in [2.24, 2.45) is 0 Å². The molecule has 372 valence electrons. The third kappa shape index (κ3) is 47.9. The van der Waals surface area contributed by atoms with Gasteiger partial charge in [0.2, 0.25) is 5.91 Å². The molecule has 8 nitrogen and oxygen atoms in total. The molecule has 1 amide bonds. The highest BCUT2D eigenvalue weighted by Gasteiger charge is 2.27. The number of rotatable bonds is 47. The molecule has 3 atom stereocenters. The summed E-state index contributed by atoms with van der Waals surface area (Å²) in [5.41, 5.74) is 0. The van der Waals surface area contributed by atoms with Crippen LogP contribution < -0.4 is 5.32 Å². The number of likely N-dealkylation sites (N-methyl/N-ethyl adjacent to an activating group) is 1. The van der Waals surface area contributed by atoms with Gasteiger partial charge in [-0.2, -0.15) is 0 Å². The van der Waals surface area contributed by atoms with Gasteiger partial charge >= 0.3 is 7.82 Å². The third-order valence-electron chi connectivity index (χ3n) is 11.4. The van der Waals surface area contributed by atoms with E-state index in [0.29, 0.717) is 17.4 Å². The molecule has 0 bridgehead atoms. The summed E-state index contributed by atoms with van der Waals surface area (Å²) < 4.78 is 23.5. The van der Waals surface area contributed by atoms with Crippen molar-refractivity contribution in [2.75, 3.05) is 40.9 Å². The molecule has 0 aliphatic rings. The van der Waals surface area contributed by atoms with E-state index in [-0.39, 0.29) is 19.1 Å². The zero-order valence-electron chi connectivity index (χ0n) is 42.3. The highest BCUT2D eigenvalue weighted by molar-refractivity contribution is 7.47. The highest BCUT2D eigenvalue weighted by atomic mass is 31.2. The molecule has 3 unspecified atom stereocenters. The number of allylic oxidation sites excluding steroid dienone is 11. The fourth-order valence-corrected chi connectivity index (χ4v) is 8.03. The topological polar surface area (TPSA) is 105 Å².